The lowest BCUT2D eigenvalue weighted by molar-refractivity contribution is -0.143. The Bertz CT molecular complexity index is 922. The summed E-state index contributed by atoms with van der Waals surface area (Å²) >= 11 is 0. The van der Waals surface area contributed by atoms with Crippen LogP contribution in [0.4, 0.5) is 9.59 Å². The molecule has 1 aromatic carbocycles. The first-order chi connectivity index (χ1) is 16.9. The molecule has 3 rings (SSSR count). The summed E-state index contributed by atoms with van der Waals surface area (Å²) in [5.74, 6) is -0.490. The zero-order valence-corrected chi connectivity index (χ0v) is 22.8. The molecule has 36 heavy (non-hydrogen) atoms. The van der Waals surface area contributed by atoms with E-state index in [1.807, 2.05) is 30.3 Å². The number of imide groups is 1. The summed E-state index contributed by atoms with van der Waals surface area (Å²) in [5, 5.41) is 2.91. The van der Waals surface area contributed by atoms with Gasteiger partial charge in [0.05, 0.1) is 25.3 Å². The standard InChI is InChI=1S/C25H38N3O7P/c1-24(2,3)35-23(31)28-19(16-34-25(28,4)5)14-20(32-12-11-26-36)21(29)27-18(15-33-22(27)30)13-17-9-7-6-8-10-17/h6-10,18-20,26H,11-16,36H2,1-5H3/t18-,19-,20-/m0/s1. The number of carbonyl (C=O) groups is 3. The van der Waals surface area contributed by atoms with E-state index in [-0.39, 0.29) is 26.2 Å². The summed E-state index contributed by atoms with van der Waals surface area (Å²) in [5.41, 5.74) is -0.629. The summed E-state index contributed by atoms with van der Waals surface area (Å²) in [6.07, 6.45) is -1.59. The molecule has 1 unspecified atom stereocenters. The van der Waals surface area contributed by atoms with Gasteiger partial charge in [-0.15, -0.1) is 0 Å². The second-order valence-corrected chi connectivity index (χ2v) is 10.8. The van der Waals surface area contributed by atoms with Crippen molar-refractivity contribution in [1.29, 1.82) is 0 Å². The van der Waals surface area contributed by atoms with Gasteiger partial charge in [-0.25, -0.2) is 14.5 Å². The molecule has 2 saturated heterocycles. The van der Waals surface area contributed by atoms with Crippen LogP contribution in [0.1, 0.15) is 46.6 Å². The predicted octanol–water partition coefficient (Wildman–Crippen LogP) is 3.10. The van der Waals surface area contributed by atoms with Crippen molar-refractivity contribution in [2.45, 2.75) is 77.0 Å². The number of nitrogens with one attached hydrogen (secondary N) is 1. The van der Waals surface area contributed by atoms with Gasteiger partial charge in [0.15, 0.2) is 0 Å². The van der Waals surface area contributed by atoms with Crippen LogP contribution in [0.5, 0.6) is 0 Å². The van der Waals surface area contributed by atoms with Crippen molar-refractivity contribution < 1.29 is 33.3 Å². The van der Waals surface area contributed by atoms with Crippen LogP contribution >= 0.6 is 9.39 Å². The Morgan fingerprint density at radius 2 is 1.89 bits per heavy atom. The molecule has 2 aliphatic heterocycles. The Hall–Kier alpha value is -2.26. The molecule has 0 saturated carbocycles. The Labute approximate surface area is 215 Å². The second-order valence-electron chi connectivity index (χ2n) is 10.4. The van der Waals surface area contributed by atoms with E-state index >= 15 is 0 Å². The van der Waals surface area contributed by atoms with E-state index in [1.165, 1.54) is 4.90 Å². The van der Waals surface area contributed by atoms with Crippen LogP contribution in [0.2, 0.25) is 0 Å². The number of rotatable bonds is 9. The number of nitrogens with zero attached hydrogens (tertiary/aromatic N) is 2. The van der Waals surface area contributed by atoms with Crippen molar-refractivity contribution in [3.8, 4) is 0 Å². The van der Waals surface area contributed by atoms with Crippen molar-refractivity contribution in [1.82, 2.24) is 14.9 Å². The van der Waals surface area contributed by atoms with Crippen molar-refractivity contribution in [2.75, 3.05) is 26.4 Å². The van der Waals surface area contributed by atoms with Crippen LogP contribution < -0.4 is 5.09 Å². The lowest BCUT2D eigenvalue weighted by Gasteiger charge is -2.36. The number of benzene rings is 1. The number of hydrogen-bond donors (Lipinski definition) is 1. The van der Waals surface area contributed by atoms with E-state index in [0.29, 0.717) is 13.0 Å². The number of hydrogen-bond acceptors (Lipinski definition) is 8. The van der Waals surface area contributed by atoms with E-state index in [1.54, 1.807) is 34.6 Å². The molecule has 0 aromatic heterocycles. The van der Waals surface area contributed by atoms with Gasteiger partial charge in [0.1, 0.15) is 24.0 Å². The van der Waals surface area contributed by atoms with Gasteiger partial charge in [-0.05, 0) is 46.6 Å². The first kappa shape index (κ1) is 28.3. The van der Waals surface area contributed by atoms with Crippen molar-refractivity contribution in [2.24, 2.45) is 0 Å². The van der Waals surface area contributed by atoms with Crippen LogP contribution in [0.25, 0.3) is 0 Å². The monoisotopic (exact) mass is 523 g/mol. The zero-order valence-electron chi connectivity index (χ0n) is 21.7. The van der Waals surface area contributed by atoms with Crippen LogP contribution in [0, 0.1) is 0 Å². The molecule has 10 nitrogen and oxygen atoms in total. The Kier molecular flexibility index (Phi) is 9.33. The summed E-state index contributed by atoms with van der Waals surface area (Å²) < 4.78 is 22.7. The maximum Gasteiger partial charge on any atom is 0.417 e. The van der Waals surface area contributed by atoms with Gasteiger partial charge in [-0.3, -0.25) is 14.8 Å². The maximum atomic E-state index is 13.7. The van der Waals surface area contributed by atoms with E-state index in [9.17, 15) is 14.4 Å². The Morgan fingerprint density at radius 1 is 1.19 bits per heavy atom. The SMILES string of the molecule is CC(C)(C)OC(=O)N1[C@@H](C[C@H](OCCNP)C(=O)N2C(=O)OC[C@@H]2Cc2ccccc2)COC1(C)C. The highest BCUT2D eigenvalue weighted by atomic mass is 31.0. The van der Waals surface area contributed by atoms with E-state index < -0.39 is 47.6 Å². The fraction of sp³-hybridized carbons (Fsp3) is 0.640. The Balaban J connectivity index is 1.81. The highest BCUT2D eigenvalue weighted by Gasteiger charge is 2.49. The number of amides is 3. The van der Waals surface area contributed by atoms with Crippen LogP contribution in [-0.4, -0.2) is 83.8 Å². The van der Waals surface area contributed by atoms with E-state index in [4.69, 9.17) is 18.9 Å². The van der Waals surface area contributed by atoms with Crippen molar-refractivity contribution in [3.05, 3.63) is 35.9 Å². The molecule has 11 heteroatoms. The van der Waals surface area contributed by atoms with E-state index in [0.717, 1.165) is 10.5 Å². The topological polar surface area (TPSA) is 107 Å². The first-order valence-electron chi connectivity index (χ1n) is 12.2. The van der Waals surface area contributed by atoms with Gasteiger partial charge < -0.3 is 18.9 Å². The largest absolute Gasteiger partial charge is 0.447 e. The smallest absolute Gasteiger partial charge is 0.417 e. The quantitative estimate of drug-likeness (QED) is 0.389. The molecule has 1 aromatic rings. The summed E-state index contributed by atoms with van der Waals surface area (Å²) in [6.45, 7) is 9.97. The van der Waals surface area contributed by atoms with Gasteiger partial charge in [0.25, 0.3) is 5.91 Å². The first-order valence-corrected chi connectivity index (χ1v) is 12.8. The molecule has 0 bridgehead atoms. The molecule has 200 valence electrons. The van der Waals surface area contributed by atoms with Crippen LogP contribution in [-0.2, 0) is 30.2 Å². The predicted molar refractivity (Wildman–Crippen MR) is 136 cm³/mol. The molecule has 4 atom stereocenters. The summed E-state index contributed by atoms with van der Waals surface area (Å²) in [7, 11) is 2.38. The van der Waals surface area contributed by atoms with Gasteiger partial charge in [-0.2, -0.15) is 0 Å². The van der Waals surface area contributed by atoms with Gasteiger partial charge in [0.2, 0.25) is 0 Å². The second kappa shape index (κ2) is 11.9. The summed E-state index contributed by atoms with van der Waals surface area (Å²) in [4.78, 5) is 42.1. The van der Waals surface area contributed by atoms with Gasteiger partial charge >= 0.3 is 12.2 Å². The van der Waals surface area contributed by atoms with Gasteiger partial charge in [-0.1, -0.05) is 39.7 Å². The highest BCUT2D eigenvalue weighted by molar-refractivity contribution is 7.13. The molecule has 0 aliphatic carbocycles. The third-order valence-corrected chi connectivity index (χ3v) is 6.29. The van der Waals surface area contributed by atoms with Crippen molar-refractivity contribution >= 4 is 27.5 Å². The zero-order chi connectivity index (χ0) is 26.5. The van der Waals surface area contributed by atoms with E-state index in [2.05, 4.69) is 14.5 Å². The third kappa shape index (κ3) is 7.16. The van der Waals surface area contributed by atoms with Crippen LogP contribution in [0.15, 0.2) is 30.3 Å². The number of carbonyl (C=O) groups excluding carboxylic acids is 3. The minimum atomic E-state index is -0.986. The Morgan fingerprint density at radius 3 is 2.53 bits per heavy atom. The number of cyclic esters (lactones) is 1. The molecule has 0 radical (unpaired) electrons. The normalized spacial score (nSPS) is 22.4. The van der Waals surface area contributed by atoms with Gasteiger partial charge in [0, 0.05) is 13.0 Å². The molecule has 1 N–H and O–H groups in total. The maximum absolute atomic E-state index is 13.7. The molecule has 3 amide bonds. The molecule has 2 heterocycles. The van der Waals surface area contributed by atoms with Crippen molar-refractivity contribution in [3.63, 3.8) is 0 Å². The molecule has 2 fully saturated rings. The summed E-state index contributed by atoms with van der Waals surface area (Å²) in [6, 6.07) is 8.69. The average Bonchev–Trinajstić information content (AvgIpc) is 3.30. The minimum absolute atomic E-state index is 0.114. The minimum Gasteiger partial charge on any atom is -0.447 e. The lowest BCUT2D eigenvalue weighted by atomic mass is 10.0. The fourth-order valence-corrected chi connectivity index (χ4v) is 4.52. The third-order valence-electron chi connectivity index (χ3n) is 6.00. The number of ether oxygens (including phenoxy) is 4. The molecule has 0 spiro atoms. The molecular formula is C25H38N3O7P. The molecular weight excluding hydrogens is 485 g/mol. The average molecular weight is 524 g/mol. The van der Waals surface area contributed by atoms with Crippen LogP contribution in [0.3, 0.4) is 0 Å². The lowest BCUT2D eigenvalue weighted by Crippen LogP contribution is -2.53. The fourth-order valence-electron chi connectivity index (χ4n) is 4.41. The molecule has 2 aliphatic rings. The highest BCUT2D eigenvalue weighted by Crippen LogP contribution is 2.32.